The van der Waals surface area contributed by atoms with Crippen LogP contribution in [0.1, 0.15) is 30.6 Å². The van der Waals surface area contributed by atoms with Gasteiger partial charge in [0.2, 0.25) is 5.91 Å². The number of amides is 3. The minimum Gasteiger partial charge on any atom is -0.378 e. The number of carbonyl (C=O) groups is 2. The van der Waals surface area contributed by atoms with Crippen LogP contribution in [0.25, 0.3) is 0 Å². The van der Waals surface area contributed by atoms with Crippen molar-refractivity contribution in [2.75, 3.05) is 45.9 Å². The third-order valence-corrected chi connectivity index (χ3v) is 6.10. The highest BCUT2D eigenvalue weighted by atomic mass is 32.1. The van der Waals surface area contributed by atoms with Gasteiger partial charge in [0.25, 0.3) is 0 Å². The fraction of sp³-hybridized carbons (Fsp3) is 0.684. The second-order valence-corrected chi connectivity index (χ2v) is 8.08. The number of ether oxygens (including phenoxy) is 1. The van der Waals surface area contributed by atoms with Gasteiger partial charge in [0, 0.05) is 44.0 Å². The average Bonchev–Trinajstić information content (AvgIpc) is 3.20. The Bertz CT molecular complexity index is 573. The predicted molar refractivity (Wildman–Crippen MR) is 102 cm³/mol. The Morgan fingerprint density at radius 2 is 2.08 bits per heavy atom. The summed E-state index contributed by atoms with van der Waals surface area (Å²) in [6.45, 7) is 4.98. The van der Waals surface area contributed by atoms with E-state index in [0.29, 0.717) is 45.2 Å². The average molecular weight is 380 g/mol. The van der Waals surface area contributed by atoms with Crippen LogP contribution in [-0.2, 0) is 16.0 Å². The third kappa shape index (κ3) is 5.71. The fourth-order valence-corrected chi connectivity index (χ4v) is 4.35. The minimum absolute atomic E-state index is 0.0331. The smallest absolute Gasteiger partial charge is 0.317 e. The highest BCUT2D eigenvalue weighted by molar-refractivity contribution is 7.09. The highest BCUT2D eigenvalue weighted by Crippen LogP contribution is 2.21. The van der Waals surface area contributed by atoms with Crippen LogP contribution in [0.3, 0.4) is 0 Å². The maximum Gasteiger partial charge on any atom is 0.317 e. The molecule has 2 saturated heterocycles. The molecule has 0 spiro atoms. The summed E-state index contributed by atoms with van der Waals surface area (Å²) in [6.07, 6.45) is 4.46. The monoisotopic (exact) mass is 379 g/mol. The van der Waals surface area contributed by atoms with E-state index in [2.05, 4.69) is 16.8 Å². The molecule has 2 fully saturated rings. The number of thiophene rings is 1. The first kappa shape index (κ1) is 19.2. The Morgan fingerprint density at radius 1 is 1.23 bits per heavy atom. The number of nitrogens with one attached hydrogen (secondary N) is 1. The third-order valence-electron chi connectivity index (χ3n) is 5.16. The van der Waals surface area contributed by atoms with Crippen molar-refractivity contribution in [3.05, 3.63) is 22.4 Å². The molecule has 3 rings (SSSR count). The molecule has 7 heteroatoms. The molecule has 2 aliphatic rings. The standard InChI is InChI=1S/C19H29N3O3S/c23-18(21-10-12-25-13-11-21)6-5-16-3-1-9-22(15-16)19(24)20-8-7-17-4-2-14-26-17/h2,4,14,16H,1,3,5-13,15H2,(H,20,24)/t16-/m1/s1. The molecule has 0 unspecified atom stereocenters. The van der Waals surface area contributed by atoms with Crippen LogP contribution in [0.5, 0.6) is 0 Å². The van der Waals surface area contributed by atoms with Gasteiger partial charge in [-0.15, -0.1) is 11.3 Å². The predicted octanol–water partition coefficient (Wildman–Crippen LogP) is 2.35. The number of nitrogens with zero attached hydrogens (tertiary/aromatic N) is 2. The Hall–Kier alpha value is -1.60. The van der Waals surface area contributed by atoms with E-state index in [1.807, 2.05) is 15.9 Å². The van der Waals surface area contributed by atoms with Gasteiger partial charge in [0.1, 0.15) is 0 Å². The van der Waals surface area contributed by atoms with Gasteiger partial charge in [-0.25, -0.2) is 4.79 Å². The minimum atomic E-state index is 0.0331. The number of urea groups is 1. The lowest BCUT2D eigenvalue weighted by Gasteiger charge is -2.33. The van der Waals surface area contributed by atoms with E-state index in [-0.39, 0.29) is 11.9 Å². The lowest BCUT2D eigenvalue weighted by atomic mass is 9.93. The van der Waals surface area contributed by atoms with Crippen LogP contribution in [0.4, 0.5) is 4.79 Å². The van der Waals surface area contributed by atoms with E-state index in [4.69, 9.17) is 4.74 Å². The number of hydrogen-bond donors (Lipinski definition) is 1. The number of carbonyl (C=O) groups excluding carboxylic acids is 2. The maximum absolute atomic E-state index is 12.4. The van der Waals surface area contributed by atoms with Crippen LogP contribution in [-0.4, -0.2) is 67.7 Å². The van der Waals surface area contributed by atoms with Crippen molar-refractivity contribution in [2.45, 2.75) is 32.1 Å². The summed E-state index contributed by atoms with van der Waals surface area (Å²) < 4.78 is 5.30. The largest absolute Gasteiger partial charge is 0.378 e. The van der Waals surface area contributed by atoms with Gasteiger partial charge >= 0.3 is 6.03 Å². The summed E-state index contributed by atoms with van der Waals surface area (Å²) in [4.78, 5) is 29.8. The van der Waals surface area contributed by atoms with Gasteiger partial charge in [-0.05, 0) is 43.0 Å². The van der Waals surface area contributed by atoms with E-state index in [1.54, 1.807) is 11.3 Å². The molecule has 3 amide bonds. The van der Waals surface area contributed by atoms with Crippen molar-refractivity contribution in [3.63, 3.8) is 0 Å². The summed E-state index contributed by atoms with van der Waals surface area (Å²) in [5.74, 6) is 0.655. The van der Waals surface area contributed by atoms with E-state index in [9.17, 15) is 9.59 Å². The van der Waals surface area contributed by atoms with Gasteiger partial charge in [0.15, 0.2) is 0 Å². The number of morpholine rings is 1. The molecule has 1 N–H and O–H groups in total. The summed E-state index contributed by atoms with van der Waals surface area (Å²) in [5.41, 5.74) is 0. The molecule has 1 aromatic heterocycles. The van der Waals surface area contributed by atoms with Gasteiger partial charge in [-0.1, -0.05) is 6.07 Å². The Morgan fingerprint density at radius 3 is 2.85 bits per heavy atom. The lowest BCUT2D eigenvalue weighted by Crippen LogP contribution is -2.46. The van der Waals surface area contributed by atoms with Gasteiger partial charge in [-0.2, -0.15) is 0 Å². The molecule has 0 saturated carbocycles. The molecule has 26 heavy (non-hydrogen) atoms. The second-order valence-electron chi connectivity index (χ2n) is 7.05. The van der Waals surface area contributed by atoms with Crippen LogP contribution in [0.2, 0.25) is 0 Å². The van der Waals surface area contributed by atoms with Gasteiger partial charge < -0.3 is 19.9 Å². The van der Waals surface area contributed by atoms with Crippen LogP contribution >= 0.6 is 11.3 Å². The molecule has 1 atom stereocenters. The number of rotatable bonds is 6. The summed E-state index contributed by atoms with van der Waals surface area (Å²) in [6, 6.07) is 4.17. The van der Waals surface area contributed by atoms with E-state index >= 15 is 0 Å². The SMILES string of the molecule is O=C(CC[C@H]1CCCN(C(=O)NCCc2cccs2)C1)N1CCOCC1. The molecule has 144 valence electrons. The van der Waals surface area contributed by atoms with Crippen molar-refractivity contribution in [1.29, 1.82) is 0 Å². The van der Waals surface area contributed by atoms with Crippen LogP contribution in [0.15, 0.2) is 17.5 Å². The second kappa shape index (κ2) is 9.92. The maximum atomic E-state index is 12.4. The summed E-state index contributed by atoms with van der Waals surface area (Å²) in [7, 11) is 0. The topological polar surface area (TPSA) is 61.9 Å². The zero-order chi connectivity index (χ0) is 18.2. The Balaban J connectivity index is 1.36. The summed E-state index contributed by atoms with van der Waals surface area (Å²) in [5, 5.41) is 5.09. The Labute approximate surface area is 159 Å². The number of likely N-dealkylation sites (tertiary alicyclic amines) is 1. The lowest BCUT2D eigenvalue weighted by molar-refractivity contribution is -0.135. The zero-order valence-electron chi connectivity index (χ0n) is 15.3. The zero-order valence-corrected chi connectivity index (χ0v) is 16.1. The van der Waals surface area contributed by atoms with E-state index in [0.717, 1.165) is 38.8 Å². The number of piperidine rings is 1. The molecule has 0 aliphatic carbocycles. The molecular formula is C19H29N3O3S. The van der Waals surface area contributed by atoms with E-state index < -0.39 is 0 Å². The molecule has 0 radical (unpaired) electrons. The molecular weight excluding hydrogens is 350 g/mol. The molecule has 3 heterocycles. The first-order valence-electron chi connectivity index (χ1n) is 9.63. The van der Waals surface area contributed by atoms with Crippen LogP contribution < -0.4 is 5.32 Å². The van der Waals surface area contributed by atoms with Gasteiger partial charge in [-0.3, -0.25) is 4.79 Å². The quantitative estimate of drug-likeness (QED) is 0.825. The number of hydrogen-bond acceptors (Lipinski definition) is 4. The van der Waals surface area contributed by atoms with Crippen molar-refractivity contribution in [1.82, 2.24) is 15.1 Å². The normalized spacial score (nSPS) is 20.8. The first-order valence-corrected chi connectivity index (χ1v) is 10.5. The fourth-order valence-electron chi connectivity index (χ4n) is 3.64. The Kier molecular flexibility index (Phi) is 7.32. The van der Waals surface area contributed by atoms with Gasteiger partial charge in [0.05, 0.1) is 13.2 Å². The molecule has 1 aromatic rings. The molecule has 0 bridgehead atoms. The molecule has 2 aliphatic heterocycles. The molecule has 6 nitrogen and oxygen atoms in total. The highest BCUT2D eigenvalue weighted by Gasteiger charge is 2.25. The molecule has 0 aromatic carbocycles. The van der Waals surface area contributed by atoms with Crippen molar-refractivity contribution >= 4 is 23.3 Å². The van der Waals surface area contributed by atoms with Crippen molar-refractivity contribution < 1.29 is 14.3 Å². The van der Waals surface area contributed by atoms with Crippen LogP contribution in [0, 0.1) is 5.92 Å². The summed E-state index contributed by atoms with van der Waals surface area (Å²) >= 11 is 1.72. The van der Waals surface area contributed by atoms with E-state index in [1.165, 1.54) is 4.88 Å². The van der Waals surface area contributed by atoms with Crippen molar-refractivity contribution in [3.8, 4) is 0 Å². The first-order chi connectivity index (χ1) is 12.7. The van der Waals surface area contributed by atoms with Crippen molar-refractivity contribution in [2.24, 2.45) is 5.92 Å².